The molecule has 37 heavy (non-hydrogen) atoms. The number of hydrogen-bond donors (Lipinski definition) is 2. The molecule has 0 amide bonds. The van der Waals surface area contributed by atoms with E-state index in [0.29, 0.717) is 5.13 Å². The Bertz CT molecular complexity index is 1290. The molecule has 0 bridgehead atoms. The third kappa shape index (κ3) is 5.32. The zero-order valence-electron chi connectivity index (χ0n) is 20.2. The van der Waals surface area contributed by atoms with Crippen LogP contribution in [0.25, 0.3) is 0 Å². The number of carbonyl (C=O) groups is 1. The Hall–Kier alpha value is -4.23. The van der Waals surface area contributed by atoms with Gasteiger partial charge in [-0.1, -0.05) is 102 Å². The highest BCUT2D eigenvalue weighted by atomic mass is 32.1. The maximum Gasteiger partial charge on any atom is 0.360 e. The van der Waals surface area contributed by atoms with Gasteiger partial charge in [-0.15, -0.1) is 11.3 Å². The van der Waals surface area contributed by atoms with Crippen molar-refractivity contribution in [3.05, 3.63) is 131 Å². The summed E-state index contributed by atoms with van der Waals surface area (Å²) < 4.78 is 0. The van der Waals surface area contributed by atoms with Gasteiger partial charge in [0.2, 0.25) is 5.71 Å². The lowest BCUT2D eigenvalue weighted by Gasteiger charge is -2.36. The molecule has 1 heterocycles. The maximum absolute atomic E-state index is 12.0. The molecule has 1 atom stereocenters. The molecular weight excluding hydrogens is 482 g/mol. The van der Waals surface area contributed by atoms with E-state index < -0.39 is 11.5 Å². The van der Waals surface area contributed by atoms with Crippen LogP contribution in [0.5, 0.6) is 0 Å². The molecule has 0 aliphatic heterocycles. The normalized spacial score (nSPS) is 15.8. The SMILES string of the molecule is O=C(O)C(=NOC1C=CCCC1)c1csc(NC(c2ccccc2)(c2ccccc2)c2ccccc2)n1. The minimum absolute atomic E-state index is 0.215. The van der Waals surface area contributed by atoms with Crippen LogP contribution in [0.3, 0.4) is 0 Å². The van der Waals surface area contributed by atoms with Crippen molar-refractivity contribution >= 4 is 28.1 Å². The molecular formula is C30H27N3O3S. The second-order valence-electron chi connectivity index (χ2n) is 8.76. The van der Waals surface area contributed by atoms with Gasteiger partial charge in [-0.2, -0.15) is 0 Å². The Balaban J connectivity index is 1.56. The summed E-state index contributed by atoms with van der Waals surface area (Å²) in [4.78, 5) is 22.2. The first kappa shape index (κ1) is 24.5. The Morgan fingerprint density at radius 1 is 0.946 bits per heavy atom. The first-order valence-corrected chi connectivity index (χ1v) is 13.1. The molecule has 1 aliphatic rings. The molecule has 0 saturated carbocycles. The van der Waals surface area contributed by atoms with E-state index in [9.17, 15) is 9.90 Å². The number of carboxylic acid groups (broad SMARTS) is 1. The van der Waals surface area contributed by atoms with Crippen LogP contribution in [-0.4, -0.2) is 27.9 Å². The monoisotopic (exact) mass is 509 g/mol. The lowest BCUT2D eigenvalue weighted by atomic mass is 9.77. The number of rotatable bonds is 9. The van der Waals surface area contributed by atoms with Crippen LogP contribution in [0, 0.1) is 0 Å². The van der Waals surface area contributed by atoms with E-state index in [0.717, 1.165) is 36.0 Å². The third-order valence-corrected chi connectivity index (χ3v) is 7.11. The number of nitrogens with zero attached hydrogens (tertiary/aromatic N) is 2. The van der Waals surface area contributed by atoms with Crippen molar-refractivity contribution in [2.24, 2.45) is 5.16 Å². The van der Waals surface area contributed by atoms with Crippen LogP contribution in [0.1, 0.15) is 41.6 Å². The summed E-state index contributed by atoms with van der Waals surface area (Å²) in [6, 6.07) is 30.5. The van der Waals surface area contributed by atoms with Crippen molar-refractivity contribution in [1.82, 2.24) is 4.98 Å². The molecule has 6 nitrogen and oxygen atoms in total. The van der Waals surface area contributed by atoms with E-state index in [1.807, 2.05) is 66.7 Å². The molecule has 7 heteroatoms. The summed E-state index contributed by atoms with van der Waals surface area (Å²) in [6.07, 6.45) is 6.54. The van der Waals surface area contributed by atoms with E-state index in [2.05, 4.69) is 51.9 Å². The topological polar surface area (TPSA) is 83.8 Å². The van der Waals surface area contributed by atoms with Crippen LogP contribution in [0.2, 0.25) is 0 Å². The number of benzene rings is 3. The Kier molecular flexibility index (Phi) is 7.42. The fourth-order valence-electron chi connectivity index (χ4n) is 4.57. The van der Waals surface area contributed by atoms with Gasteiger partial charge in [-0.05, 0) is 42.0 Å². The van der Waals surface area contributed by atoms with E-state index in [1.165, 1.54) is 11.3 Å². The van der Waals surface area contributed by atoms with Gasteiger partial charge in [0.25, 0.3) is 0 Å². The van der Waals surface area contributed by atoms with Crippen LogP contribution >= 0.6 is 11.3 Å². The molecule has 0 radical (unpaired) electrons. The largest absolute Gasteiger partial charge is 0.476 e. The smallest absolute Gasteiger partial charge is 0.360 e. The van der Waals surface area contributed by atoms with Crippen molar-refractivity contribution in [2.75, 3.05) is 5.32 Å². The minimum Gasteiger partial charge on any atom is -0.476 e. The van der Waals surface area contributed by atoms with Crippen molar-refractivity contribution in [1.29, 1.82) is 0 Å². The van der Waals surface area contributed by atoms with Gasteiger partial charge >= 0.3 is 5.97 Å². The fourth-order valence-corrected chi connectivity index (χ4v) is 5.32. The lowest BCUT2D eigenvalue weighted by Crippen LogP contribution is -2.38. The van der Waals surface area contributed by atoms with E-state index in [1.54, 1.807) is 5.38 Å². The van der Waals surface area contributed by atoms with E-state index in [4.69, 9.17) is 4.84 Å². The van der Waals surface area contributed by atoms with E-state index in [-0.39, 0.29) is 17.5 Å². The second-order valence-corrected chi connectivity index (χ2v) is 9.62. The summed E-state index contributed by atoms with van der Waals surface area (Å²) in [7, 11) is 0. The zero-order chi connectivity index (χ0) is 25.5. The van der Waals surface area contributed by atoms with Crippen LogP contribution < -0.4 is 5.32 Å². The fraction of sp³-hybridized carbons (Fsp3) is 0.167. The zero-order valence-corrected chi connectivity index (χ0v) is 21.0. The van der Waals surface area contributed by atoms with Crippen LogP contribution in [0.4, 0.5) is 5.13 Å². The number of allylic oxidation sites excluding steroid dienone is 1. The maximum atomic E-state index is 12.0. The van der Waals surface area contributed by atoms with Gasteiger partial charge in [-0.25, -0.2) is 9.78 Å². The summed E-state index contributed by atoms with van der Waals surface area (Å²) >= 11 is 1.33. The highest BCUT2D eigenvalue weighted by Gasteiger charge is 2.37. The van der Waals surface area contributed by atoms with Crippen LogP contribution in [0.15, 0.2) is 114 Å². The van der Waals surface area contributed by atoms with Gasteiger partial charge in [0.15, 0.2) is 5.13 Å². The molecule has 1 unspecified atom stereocenters. The van der Waals surface area contributed by atoms with Gasteiger partial charge in [0.05, 0.1) is 0 Å². The number of hydrogen-bond acceptors (Lipinski definition) is 6. The van der Waals surface area contributed by atoms with Crippen molar-refractivity contribution in [3.63, 3.8) is 0 Å². The van der Waals surface area contributed by atoms with Gasteiger partial charge in [0.1, 0.15) is 17.3 Å². The minimum atomic E-state index is -1.18. The Morgan fingerprint density at radius 2 is 1.51 bits per heavy atom. The standard InChI is InChI=1S/C30H27N3O3S/c34-28(35)27(33-36-25-19-11-4-12-20-25)26-21-37-29(31-26)32-30(22-13-5-1-6-14-22,23-15-7-2-8-16-23)24-17-9-3-10-18-24/h1-3,5-11,13-19,21,25H,4,12,20H2,(H,31,32)(H,34,35). The predicted octanol–water partition coefficient (Wildman–Crippen LogP) is 6.46. The number of carboxylic acids is 1. The van der Waals surface area contributed by atoms with Gasteiger partial charge in [0, 0.05) is 5.38 Å². The summed E-state index contributed by atoms with van der Waals surface area (Å²) in [5.41, 5.74) is 2.37. The van der Waals surface area contributed by atoms with Gasteiger partial charge < -0.3 is 15.3 Å². The van der Waals surface area contributed by atoms with Crippen molar-refractivity contribution in [2.45, 2.75) is 30.9 Å². The highest BCUT2D eigenvalue weighted by Crippen LogP contribution is 2.40. The molecule has 4 aromatic rings. The first-order chi connectivity index (χ1) is 18.2. The number of aromatic nitrogens is 1. The molecule has 3 aromatic carbocycles. The molecule has 5 rings (SSSR count). The summed E-state index contributed by atoms with van der Waals surface area (Å²) in [5, 5.41) is 19.8. The molecule has 1 aliphatic carbocycles. The first-order valence-electron chi connectivity index (χ1n) is 12.2. The number of nitrogens with one attached hydrogen (secondary N) is 1. The molecule has 1 aromatic heterocycles. The highest BCUT2D eigenvalue weighted by molar-refractivity contribution is 7.14. The average Bonchev–Trinajstić information content (AvgIpc) is 3.41. The number of oxime groups is 1. The molecule has 0 spiro atoms. The quantitative estimate of drug-likeness (QED) is 0.117. The van der Waals surface area contributed by atoms with E-state index >= 15 is 0 Å². The Labute approximate surface area is 220 Å². The summed E-state index contributed by atoms with van der Waals surface area (Å²) in [5.74, 6) is -1.18. The van der Waals surface area contributed by atoms with Crippen LogP contribution in [-0.2, 0) is 15.2 Å². The average molecular weight is 510 g/mol. The number of anilines is 1. The second kappa shape index (κ2) is 11.2. The molecule has 0 fully saturated rings. The molecule has 0 saturated heterocycles. The number of thiazole rings is 1. The third-order valence-electron chi connectivity index (χ3n) is 6.35. The predicted molar refractivity (Wildman–Crippen MR) is 147 cm³/mol. The van der Waals surface area contributed by atoms with Crippen molar-refractivity contribution in [3.8, 4) is 0 Å². The number of aliphatic carboxylic acids is 1. The molecule has 2 N–H and O–H groups in total. The van der Waals surface area contributed by atoms with Gasteiger partial charge in [-0.3, -0.25) is 0 Å². The summed E-state index contributed by atoms with van der Waals surface area (Å²) in [6.45, 7) is 0. The molecule has 186 valence electrons. The lowest BCUT2D eigenvalue weighted by molar-refractivity contribution is -0.129. The Morgan fingerprint density at radius 3 is 2.00 bits per heavy atom. The van der Waals surface area contributed by atoms with Crippen molar-refractivity contribution < 1.29 is 14.7 Å².